The summed E-state index contributed by atoms with van der Waals surface area (Å²) in [5.41, 5.74) is 0.888. The Morgan fingerprint density at radius 3 is 1.36 bits per heavy atom. The normalized spacial score (nSPS) is 7.57. The predicted octanol–water partition coefficient (Wildman–Crippen LogP) is 1.73. The maximum absolute atomic E-state index is 7.50. The Morgan fingerprint density at radius 2 is 1.11 bits per heavy atom. The van der Waals surface area contributed by atoms with E-state index in [-0.39, 0.29) is 0 Å². The summed E-state index contributed by atoms with van der Waals surface area (Å²) < 4.78 is 54.4. The molecule has 0 N–H and O–H groups in total. The van der Waals surface area contributed by atoms with E-state index in [0.717, 1.165) is 17.1 Å². The van der Waals surface area contributed by atoms with Gasteiger partial charge < -0.3 is 0 Å². The Labute approximate surface area is 174 Å². The third-order valence-electron chi connectivity index (χ3n) is 2.73. The van der Waals surface area contributed by atoms with Crippen molar-refractivity contribution in [3.63, 3.8) is 0 Å². The standard InChI is InChI=1S/C13H20O3Si.5CO.Cr/c1-14-9-10-7-12(16-3)13(17(4,5)6)8-11(10)15-2;5*1-2;/h7-8H,1-6H3;;;;;;. The Bertz CT molecular complexity index is 620. The summed E-state index contributed by atoms with van der Waals surface area (Å²) in [4.78, 5) is 0. The molecule has 0 heterocycles. The average molecular weight is 444 g/mol. The fourth-order valence-corrected chi connectivity index (χ4v) is 3.48. The summed E-state index contributed by atoms with van der Waals surface area (Å²) in [5, 5.41) is 1.24. The molecule has 0 aliphatic rings. The van der Waals surface area contributed by atoms with E-state index in [1.165, 1.54) is 5.19 Å². The first kappa shape index (κ1) is 36.9. The van der Waals surface area contributed by atoms with Gasteiger partial charge in [0.1, 0.15) is 0 Å². The van der Waals surface area contributed by atoms with Gasteiger partial charge in [0.15, 0.2) is 0 Å². The molecule has 1 aromatic carbocycles. The molecule has 0 amide bonds. The molecule has 0 radical (unpaired) electrons. The van der Waals surface area contributed by atoms with Gasteiger partial charge in [-0.05, 0) is 0 Å². The van der Waals surface area contributed by atoms with E-state index in [9.17, 15) is 0 Å². The van der Waals surface area contributed by atoms with Gasteiger partial charge in [-0.15, -0.1) is 0 Å². The van der Waals surface area contributed by atoms with Crippen LogP contribution in [0, 0.1) is 33.3 Å². The van der Waals surface area contributed by atoms with Crippen molar-refractivity contribution in [1.82, 2.24) is 0 Å². The summed E-state index contributed by atoms with van der Waals surface area (Å²) in [5.74, 6) is 1.71. The summed E-state index contributed by atoms with van der Waals surface area (Å²) in [6.07, 6.45) is 0. The number of benzene rings is 1. The van der Waals surface area contributed by atoms with Crippen LogP contribution < -0.4 is 14.7 Å². The van der Waals surface area contributed by atoms with Crippen LogP contribution in [-0.2, 0) is 43.8 Å². The average Bonchev–Trinajstić information content (AvgIpc) is 2.78. The molecule has 28 heavy (non-hydrogen) atoms. The van der Waals surface area contributed by atoms with Crippen LogP contribution in [0.4, 0.5) is 0 Å². The molecular weight excluding hydrogens is 424 g/mol. The molecule has 10 heteroatoms. The second kappa shape index (κ2) is 25.1. The van der Waals surface area contributed by atoms with E-state index in [1.54, 1.807) is 21.3 Å². The predicted molar refractivity (Wildman–Crippen MR) is 93.3 cm³/mol. The third kappa shape index (κ3) is 14.2. The zero-order valence-corrected chi connectivity index (χ0v) is 18.6. The van der Waals surface area contributed by atoms with Gasteiger partial charge in [0.25, 0.3) is 0 Å². The molecule has 0 bridgehead atoms. The van der Waals surface area contributed by atoms with Crippen molar-refractivity contribution in [1.29, 1.82) is 0 Å². The quantitative estimate of drug-likeness (QED) is 0.390. The number of hydrogen-bond acceptors (Lipinski definition) is 3. The summed E-state index contributed by atoms with van der Waals surface area (Å²) in [7, 11) is 3.51. The van der Waals surface area contributed by atoms with E-state index < -0.39 is 8.07 Å². The number of hydrogen-bond donors (Lipinski definition) is 0. The summed E-state index contributed by atoms with van der Waals surface area (Å²) in [6, 6.07) is 4.04. The number of methoxy groups -OCH3 is 3. The van der Waals surface area contributed by atoms with E-state index in [4.69, 9.17) is 37.5 Å². The van der Waals surface area contributed by atoms with Gasteiger partial charge in [0.05, 0.1) is 0 Å². The molecule has 1 aromatic rings. The molecular formula is C18H20CrO8Si. The van der Waals surface area contributed by atoms with Gasteiger partial charge in [0, 0.05) is 0 Å². The van der Waals surface area contributed by atoms with E-state index in [1.807, 2.05) is 6.07 Å². The van der Waals surface area contributed by atoms with Crippen molar-refractivity contribution in [3.05, 3.63) is 50.9 Å². The first-order chi connectivity index (χ1) is 13.3. The number of ether oxygens (including phenoxy) is 3. The monoisotopic (exact) mass is 444 g/mol. The van der Waals surface area contributed by atoms with Gasteiger partial charge in [-0.3, -0.25) is 0 Å². The topological polar surface area (TPSA) is 127 Å². The van der Waals surface area contributed by atoms with Crippen LogP contribution in [0.2, 0.25) is 19.6 Å². The van der Waals surface area contributed by atoms with Gasteiger partial charge in [-0.25, -0.2) is 0 Å². The molecule has 150 valence electrons. The van der Waals surface area contributed by atoms with Crippen LogP contribution in [0.15, 0.2) is 12.1 Å². The molecule has 0 aliphatic heterocycles. The second-order valence-electron chi connectivity index (χ2n) is 4.99. The SMILES string of the molecule is CO[C](=[Cr])c1cc(OC)c([Si](C)(C)C)cc1OC.[C-]#[O+].[C-]#[O+].[C-]#[O+].[C-]#[O+].[C-]#[O+]. The van der Waals surface area contributed by atoms with Gasteiger partial charge in [-0.2, -0.15) is 0 Å². The van der Waals surface area contributed by atoms with Crippen molar-refractivity contribution in [2.45, 2.75) is 19.6 Å². The van der Waals surface area contributed by atoms with Crippen LogP contribution in [0.5, 0.6) is 11.5 Å². The molecule has 0 atom stereocenters. The van der Waals surface area contributed by atoms with Crippen molar-refractivity contribution < 1.29 is 53.3 Å². The Kier molecular flexibility index (Phi) is 33.1. The first-order valence-electron chi connectivity index (χ1n) is 6.72. The molecule has 0 saturated heterocycles. The van der Waals surface area contributed by atoms with Gasteiger partial charge in [-0.1, -0.05) is 0 Å². The summed E-state index contributed by atoms with van der Waals surface area (Å²) in [6.45, 7) is 29.3. The van der Waals surface area contributed by atoms with Crippen molar-refractivity contribution >= 4 is 17.8 Å². The Hall–Kier alpha value is -1.90. The molecule has 0 fully saturated rings. The Balaban J connectivity index is -0.000000153. The van der Waals surface area contributed by atoms with Crippen LogP contribution in [0.3, 0.4) is 0 Å². The second-order valence-corrected chi connectivity index (χ2v) is 10.6. The number of rotatable bonds is 5. The van der Waals surface area contributed by atoms with Crippen molar-refractivity contribution in [2.75, 3.05) is 21.3 Å². The van der Waals surface area contributed by atoms with Crippen molar-refractivity contribution in [2.24, 2.45) is 0 Å². The Morgan fingerprint density at radius 1 is 0.750 bits per heavy atom. The zero-order chi connectivity index (χ0) is 23.9. The van der Waals surface area contributed by atoms with Crippen LogP contribution >= 0.6 is 0 Å². The molecule has 0 aliphatic carbocycles. The molecule has 8 nitrogen and oxygen atoms in total. The molecule has 0 aromatic heterocycles. The fourth-order valence-electron chi connectivity index (χ4n) is 1.75. The minimum absolute atomic E-state index is 0.701. The molecule has 0 spiro atoms. The molecule has 1 rings (SSSR count). The molecule has 0 saturated carbocycles. The maximum atomic E-state index is 7.50. The minimum atomic E-state index is -1.48. The zero-order valence-electron chi connectivity index (χ0n) is 16.3. The van der Waals surface area contributed by atoms with Crippen LogP contribution in [0.1, 0.15) is 5.56 Å². The van der Waals surface area contributed by atoms with Gasteiger partial charge >= 0.3 is 175 Å². The van der Waals surface area contributed by atoms with Gasteiger partial charge in [0.2, 0.25) is 0 Å². The van der Waals surface area contributed by atoms with E-state index in [2.05, 4.69) is 74.8 Å². The third-order valence-corrected chi connectivity index (χ3v) is 5.35. The van der Waals surface area contributed by atoms with Crippen LogP contribution in [-0.4, -0.2) is 34.0 Å². The molecule has 0 unspecified atom stereocenters. The van der Waals surface area contributed by atoms with E-state index >= 15 is 0 Å². The van der Waals surface area contributed by atoms with Crippen molar-refractivity contribution in [3.8, 4) is 11.5 Å². The van der Waals surface area contributed by atoms with Crippen LogP contribution in [0.25, 0.3) is 0 Å². The van der Waals surface area contributed by atoms with E-state index in [0.29, 0.717) is 4.57 Å². The summed E-state index contributed by atoms with van der Waals surface area (Å²) >= 11 is 2.90. The fraction of sp³-hybridized carbons (Fsp3) is 0.333. The first-order valence-corrected chi connectivity index (χ1v) is 10.9.